The van der Waals surface area contributed by atoms with E-state index in [0.29, 0.717) is 0 Å². The predicted octanol–water partition coefficient (Wildman–Crippen LogP) is 19.4. The zero-order valence-electron chi connectivity index (χ0n) is 41.8. The van der Waals surface area contributed by atoms with Gasteiger partial charge in [-0.2, -0.15) is 0 Å². The van der Waals surface area contributed by atoms with Crippen molar-refractivity contribution < 1.29 is 0 Å². The second-order valence-corrected chi connectivity index (χ2v) is 20.7. The van der Waals surface area contributed by atoms with Crippen LogP contribution in [0.1, 0.15) is 189 Å². The van der Waals surface area contributed by atoms with Gasteiger partial charge in [0.25, 0.3) is 0 Å². The maximum absolute atomic E-state index is 5.60. The highest BCUT2D eigenvalue weighted by atomic mass is 14.7. The summed E-state index contributed by atoms with van der Waals surface area (Å²) in [4.78, 5) is 5.60. The molecular weight excluding hydrogens is 807 g/mol. The van der Waals surface area contributed by atoms with Gasteiger partial charge < -0.3 is 0 Å². The van der Waals surface area contributed by atoms with Gasteiger partial charge in [0, 0.05) is 21.8 Å². The van der Waals surface area contributed by atoms with E-state index >= 15 is 0 Å². The van der Waals surface area contributed by atoms with Crippen molar-refractivity contribution >= 4 is 10.9 Å². The lowest BCUT2D eigenvalue weighted by Gasteiger charge is -2.33. The van der Waals surface area contributed by atoms with Gasteiger partial charge in [0.1, 0.15) is 0 Å². The molecule has 2 aliphatic carbocycles. The molecule has 0 saturated carbocycles. The first-order valence-electron chi connectivity index (χ1n) is 27.0. The van der Waals surface area contributed by atoms with Crippen LogP contribution in [0.2, 0.25) is 0 Å². The van der Waals surface area contributed by atoms with E-state index in [1.807, 2.05) is 0 Å². The molecule has 0 saturated heterocycles. The number of fused-ring (bicyclic) bond motifs is 7. The number of pyridine rings is 1. The Hall–Kier alpha value is -5.27. The first kappa shape index (κ1) is 46.8. The third-order valence-electron chi connectivity index (χ3n) is 16.1. The Bertz CT molecular complexity index is 2730. The van der Waals surface area contributed by atoms with E-state index in [2.05, 4.69) is 168 Å². The van der Waals surface area contributed by atoms with Gasteiger partial charge in [0.05, 0.1) is 11.2 Å². The minimum absolute atomic E-state index is 0.0428. The van der Waals surface area contributed by atoms with Gasteiger partial charge in [0.15, 0.2) is 0 Å². The summed E-state index contributed by atoms with van der Waals surface area (Å²) in [6.45, 7) is 11.7. The maximum atomic E-state index is 5.60. The first-order valence-corrected chi connectivity index (χ1v) is 27.0. The maximum Gasteiger partial charge on any atom is 0.0713 e. The van der Waals surface area contributed by atoms with E-state index in [0.717, 1.165) is 24.1 Å². The number of benzene rings is 6. The van der Waals surface area contributed by atoms with Gasteiger partial charge in [-0.05, 0) is 148 Å². The lowest BCUT2D eigenvalue weighted by Crippen LogP contribution is -2.25. The fourth-order valence-electron chi connectivity index (χ4n) is 12.3. The molecule has 1 aromatic heterocycles. The highest BCUT2D eigenvalue weighted by Gasteiger charge is 2.43. The van der Waals surface area contributed by atoms with Crippen molar-refractivity contribution in [1.29, 1.82) is 0 Å². The molecule has 0 fully saturated rings. The van der Waals surface area contributed by atoms with E-state index in [-0.39, 0.29) is 10.8 Å². The fourth-order valence-corrected chi connectivity index (χ4v) is 12.3. The van der Waals surface area contributed by atoms with Crippen LogP contribution in [0.3, 0.4) is 0 Å². The average molecular weight is 884 g/mol. The topological polar surface area (TPSA) is 12.9 Å². The summed E-state index contributed by atoms with van der Waals surface area (Å²) in [5.41, 5.74) is 21.5. The van der Waals surface area contributed by atoms with Crippen molar-refractivity contribution in [3.63, 3.8) is 0 Å². The molecular formula is C66H77N. The summed E-state index contributed by atoms with van der Waals surface area (Å²) >= 11 is 0. The molecule has 1 unspecified atom stereocenters. The SMILES string of the molecule is CCCCCCc1cc(CCCCCC)cc(-c2ccc3c(c2)C(C)(c2ccccc2)c2cc(-c4ccc5cc6c(cc5n4)C(CCCCCC)(CCCCCC)c4ccccc4-6)ccc2-3)c1. The summed E-state index contributed by atoms with van der Waals surface area (Å²) < 4.78 is 0. The quantitative estimate of drug-likeness (QED) is 0.0583. The van der Waals surface area contributed by atoms with Crippen LogP contribution in [0.5, 0.6) is 0 Å². The highest BCUT2D eigenvalue weighted by Crippen LogP contribution is 2.56. The van der Waals surface area contributed by atoms with Crippen LogP contribution in [0.25, 0.3) is 55.5 Å². The van der Waals surface area contributed by atoms with Crippen LogP contribution >= 0.6 is 0 Å². The molecule has 0 bridgehead atoms. The number of hydrogen-bond acceptors (Lipinski definition) is 1. The molecule has 1 heteroatoms. The first-order chi connectivity index (χ1) is 32.9. The smallest absolute Gasteiger partial charge is 0.0713 e. The minimum Gasteiger partial charge on any atom is -0.248 e. The van der Waals surface area contributed by atoms with Crippen molar-refractivity contribution in [1.82, 2.24) is 4.98 Å². The monoisotopic (exact) mass is 884 g/mol. The fraction of sp³-hybridized carbons (Fsp3) is 0.409. The predicted molar refractivity (Wildman–Crippen MR) is 289 cm³/mol. The molecule has 0 N–H and O–H groups in total. The van der Waals surface area contributed by atoms with Gasteiger partial charge in [-0.15, -0.1) is 0 Å². The van der Waals surface area contributed by atoms with Gasteiger partial charge in [-0.1, -0.05) is 221 Å². The van der Waals surface area contributed by atoms with E-state index in [4.69, 9.17) is 4.98 Å². The Morgan fingerprint density at radius 2 is 0.940 bits per heavy atom. The van der Waals surface area contributed by atoms with Crippen LogP contribution in [-0.2, 0) is 23.7 Å². The number of hydrogen-bond donors (Lipinski definition) is 0. The van der Waals surface area contributed by atoms with Gasteiger partial charge in [0.2, 0.25) is 0 Å². The Labute approximate surface area is 404 Å². The molecule has 9 rings (SSSR count). The normalized spacial score (nSPS) is 15.4. The molecule has 0 spiro atoms. The van der Waals surface area contributed by atoms with Crippen LogP contribution in [0.15, 0.2) is 133 Å². The summed E-state index contributed by atoms with van der Waals surface area (Å²) in [6, 6.07) is 52.4. The number of nitrogens with zero attached hydrogens (tertiary/aromatic N) is 1. The molecule has 6 aromatic carbocycles. The number of aryl methyl sites for hydroxylation is 2. The molecule has 0 radical (unpaired) electrons. The summed E-state index contributed by atoms with van der Waals surface area (Å²) in [5.74, 6) is 0. The molecule has 2 aliphatic rings. The lowest BCUT2D eigenvalue weighted by atomic mass is 9.70. The van der Waals surface area contributed by atoms with Crippen molar-refractivity contribution in [3.05, 3.63) is 172 Å². The van der Waals surface area contributed by atoms with Crippen LogP contribution in [-0.4, -0.2) is 4.98 Å². The van der Waals surface area contributed by atoms with Crippen molar-refractivity contribution in [2.24, 2.45) is 0 Å². The minimum atomic E-state index is -0.322. The van der Waals surface area contributed by atoms with Gasteiger partial charge in [-0.3, -0.25) is 0 Å². The van der Waals surface area contributed by atoms with E-state index in [1.54, 1.807) is 5.56 Å². The Kier molecular flexibility index (Phi) is 14.9. The zero-order chi connectivity index (χ0) is 46.2. The Balaban J connectivity index is 1.10. The van der Waals surface area contributed by atoms with E-state index in [9.17, 15) is 0 Å². The molecule has 346 valence electrons. The number of unbranched alkanes of at least 4 members (excludes halogenated alkanes) is 12. The third kappa shape index (κ3) is 9.47. The molecule has 1 heterocycles. The average Bonchev–Trinajstić information content (AvgIpc) is 3.78. The third-order valence-corrected chi connectivity index (χ3v) is 16.1. The van der Waals surface area contributed by atoms with Crippen molar-refractivity contribution in [2.45, 2.75) is 174 Å². The molecule has 0 aliphatic heterocycles. The summed E-state index contributed by atoms with van der Waals surface area (Å²) in [6.07, 6.45) is 25.4. The summed E-state index contributed by atoms with van der Waals surface area (Å²) in [5, 5.41) is 1.23. The van der Waals surface area contributed by atoms with Crippen LogP contribution in [0, 0.1) is 0 Å². The van der Waals surface area contributed by atoms with Crippen molar-refractivity contribution in [3.8, 4) is 44.6 Å². The van der Waals surface area contributed by atoms with Gasteiger partial charge in [-0.25, -0.2) is 4.98 Å². The second-order valence-electron chi connectivity index (χ2n) is 20.7. The standard InChI is InChI=1S/C66H77N/c1-6-10-14-19-27-48-41-49(28-20-15-11-7-2)43-53(42-48)50-33-36-56-57-37-34-52(46-61(57)65(5,60(56)45-50)54-29-21-18-22-30-54)63-38-35-51-44-58-55-31-23-24-32-59(55)66(39-25-16-12-8-3,40-26-17-13-9-4)62(58)47-64(51)67-63/h18,21-24,29-38,41-47H,6-17,19-20,25-28,39-40H2,1-5H3. The summed E-state index contributed by atoms with van der Waals surface area (Å²) in [7, 11) is 0. The van der Waals surface area contributed by atoms with E-state index < -0.39 is 0 Å². The Morgan fingerprint density at radius 3 is 1.57 bits per heavy atom. The molecule has 1 nitrogen and oxygen atoms in total. The molecule has 0 amide bonds. The highest BCUT2D eigenvalue weighted by molar-refractivity contribution is 5.93. The molecule has 67 heavy (non-hydrogen) atoms. The molecule has 1 atom stereocenters. The van der Waals surface area contributed by atoms with Gasteiger partial charge >= 0.3 is 0 Å². The lowest BCUT2D eigenvalue weighted by molar-refractivity contribution is 0.401. The van der Waals surface area contributed by atoms with Crippen LogP contribution < -0.4 is 0 Å². The van der Waals surface area contributed by atoms with Crippen molar-refractivity contribution in [2.75, 3.05) is 0 Å². The molecule has 7 aromatic rings. The zero-order valence-corrected chi connectivity index (χ0v) is 41.8. The second kappa shape index (κ2) is 21.4. The Morgan fingerprint density at radius 1 is 0.388 bits per heavy atom. The largest absolute Gasteiger partial charge is 0.248 e. The number of rotatable bonds is 23. The number of aromatic nitrogens is 1. The van der Waals surface area contributed by atoms with Crippen LogP contribution in [0.4, 0.5) is 0 Å². The van der Waals surface area contributed by atoms with E-state index in [1.165, 1.54) is 193 Å².